The number of benzene rings is 10. The minimum atomic E-state index is 0.948. The highest BCUT2D eigenvalue weighted by molar-refractivity contribution is 6.23. The Bertz CT molecular complexity index is 2980. The van der Waals surface area contributed by atoms with E-state index in [2.05, 4.69) is 217 Å². The van der Waals surface area contributed by atoms with Crippen LogP contribution in [0.5, 0.6) is 0 Å². The van der Waals surface area contributed by atoms with E-state index in [1.165, 1.54) is 99.3 Å². The van der Waals surface area contributed by atoms with Gasteiger partial charge in [-0.15, -0.1) is 0 Å². The third-order valence-corrected chi connectivity index (χ3v) is 11.6. The molecule has 0 aromatic heterocycles. The van der Waals surface area contributed by atoms with E-state index in [1.54, 1.807) is 0 Å². The summed E-state index contributed by atoms with van der Waals surface area (Å²) in [5.41, 5.74) is 16.2. The third-order valence-electron chi connectivity index (χ3n) is 11.6. The van der Waals surface area contributed by atoms with Crippen LogP contribution in [0.3, 0.4) is 0 Å². The van der Waals surface area contributed by atoms with Crippen molar-refractivity contribution in [3.05, 3.63) is 223 Å². The molecule has 1 heterocycles. The fourth-order valence-corrected chi connectivity index (χ4v) is 9.04. The first kappa shape index (κ1) is 32.2. The standard InChI is InChI=1S/C55H37N/c1-2-14-37(15-3-1)38-26-28-39(29-27-38)50-35-41-16-4-5-17-42(41)36-51(50)55-48-22-10-8-20-46(48)54(47-21-9-11-23-49(47)55)40-30-32-45(33-31-40)56-52-24-12-6-18-43(52)34-44-19-7-13-25-53(44)56/h1-33,35-36H,34H2. The van der Waals surface area contributed by atoms with E-state index in [9.17, 15) is 0 Å². The van der Waals surface area contributed by atoms with Gasteiger partial charge < -0.3 is 4.90 Å². The first-order chi connectivity index (χ1) is 27.8. The second-order valence-electron chi connectivity index (χ2n) is 14.8. The van der Waals surface area contributed by atoms with E-state index in [4.69, 9.17) is 0 Å². The number of hydrogen-bond acceptors (Lipinski definition) is 1. The lowest BCUT2D eigenvalue weighted by atomic mass is 9.83. The van der Waals surface area contributed by atoms with Crippen LogP contribution in [0.15, 0.2) is 212 Å². The summed E-state index contributed by atoms with van der Waals surface area (Å²) >= 11 is 0. The van der Waals surface area contributed by atoms with Crippen molar-refractivity contribution in [1.82, 2.24) is 0 Å². The van der Waals surface area contributed by atoms with Crippen molar-refractivity contribution in [3.63, 3.8) is 0 Å². The van der Waals surface area contributed by atoms with E-state index in [0.29, 0.717) is 0 Å². The summed E-state index contributed by atoms with van der Waals surface area (Å²) in [5.74, 6) is 0. The molecular weight excluding hydrogens is 675 g/mol. The summed E-state index contributed by atoms with van der Waals surface area (Å²) in [6, 6.07) is 78.1. The van der Waals surface area contributed by atoms with Crippen LogP contribution in [0, 0.1) is 0 Å². The number of rotatable bonds is 5. The second kappa shape index (κ2) is 13.3. The molecular formula is C55H37N. The van der Waals surface area contributed by atoms with Crippen molar-refractivity contribution in [2.45, 2.75) is 6.42 Å². The van der Waals surface area contributed by atoms with Gasteiger partial charge in [-0.25, -0.2) is 0 Å². The largest absolute Gasteiger partial charge is 0.310 e. The summed E-state index contributed by atoms with van der Waals surface area (Å²) in [6.07, 6.45) is 0.948. The SMILES string of the molecule is c1ccc(-c2ccc(-c3cc4ccccc4cc3-c3c4ccccc4c(-c4ccc(N5c6ccccc6Cc6ccccc65)cc4)c4ccccc34)cc2)cc1. The highest BCUT2D eigenvalue weighted by atomic mass is 15.2. The molecule has 56 heavy (non-hydrogen) atoms. The maximum atomic E-state index is 2.42. The van der Waals surface area contributed by atoms with Gasteiger partial charge in [0.25, 0.3) is 0 Å². The number of anilines is 3. The van der Waals surface area contributed by atoms with Crippen molar-refractivity contribution < 1.29 is 0 Å². The molecule has 10 aromatic rings. The summed E-state index contributed by atoms with van der Waals surface area (Å²) in [4.78, 5) is 2.42. The zero-order chi connectivity index (χ0) is 37.0. The predicted octanol–water partition coefficient (Wildman–Crippen LogP) is 15.2. The Hall–Kier alpha value is -7.22. The maximum absolute atomic E-state index is 2.42. The Balaban J connectivity index is 1.10. The second-order valence-corrected chi connectivity index (χ2v) is 14.8. The molecule has 1 aliphatic rings. The zero-order valence-electron chi connectivity index (χ0n) is 30.9. The number of fused-ring (bicyclic) bond motifs is 5. The molecule has 10 aromatic carbocycles. The Morgan fingerprint density at radius 3 is 1.32 bits per heavy atom. The first-order valence-electron chi connectivity index (χ1n) is 19.5. The Labute approximate surface area is 327 Å². The highest BCUT2D eigenvalue weighted by Crippen LogP contribution is 2.48. The van der Waals surface area contributed by atoms with Gasteiger partial charge in [0, 0.05) is 23.5 Å². The fourth-order valence-electron chi connectivity index (χ4n) is 9.04. The van der Waals surface area contributed by atoms with Crippen LogP contribution in [0.1, 0.15) is 11.1 Å². The van der Waals surface area contributed by atoms with E-state index in [0.717, 1.165) is 12.1 Å². The molecule has 11 rings (SSSR count). The van der Waals surface area contributed by atoms with Crippen LogP contribution in [0.4, 0.5) is 17.1 Å². The summed E-state index contributed by atoms with van der Waals surface area (Å²) in [6.45, 7) is 0. The van der Waals surface area contributed by atoms with Crippen molar-refractivity contribution in [3.8, 4) is 44.5 Å². The molecule has 1 heteroatoms. The molecule has 0 saturated carbocycles. The minimum absolute atomic E-state index is 0.948. The lowest BCUT2D eigenvalue weighted by Crippen LogP contribution is -2.18. The van der Waals surface area contributed by atoms with Gasteiger partial charge in [0.15, 0.2) is 0 Å². The van der Waals surface area contributed by atoms with E-state index >= 15 is 0 Å². The molecule has 0 unspecified atom stereocenters. The van der Waals surface area contributed by atoms with Gasteiger partial charge in [0.2, 0.25) is 0 Å². The van der Waals surface area contributed by atoms with Gasteiger partial charge in [0.1, 0.15) is 0 Å². The quantitative estimate of drug-likeness (QED) is 0.161. The van der Waals surface area contributed by atoms with Crippen LogP contribution < -0.4 is 4.90 Å². The average Bonchev–Trinajstić information content (AvgIpc) is 3.27. The molecule has 0 bridgehead atoms. The van der Waals surface area contributed by atoms with Crippen LogP contribution in [-0.2, 0) is 6.42 Å². The van der Waals surface area contributed by atoms with Gasteiger partial charge in [-0.1, -0.05) is 176 Å². The van der Waals surface area contributed by atoms with Crippen LogP contribution >= 0.6 is 0 Å². The monoisotopic (exact) mass is 711 g/mol. The molecule has 0 fully saturated rings. The Morgan fingerprint density at radius 2 is 0.732 bits per heavy atom. The molecule has 0 N–H and O–H groups in total. The number of hydrogen-bond donors (Lipinski definition) is 0. The predicted molar refractivity (Wildman–Crippen MR) is 238 cm³/mol. The molecule has 0 saturated heterocycles. The van der Waals surface area contributed by atoms with Crippen molar-refractivity contribution >= 4 is 49.4 Å². The molecule has 0 radical (unpaired) electrons. The van der Waals surface area contributed by atoms with Gasteiger partial charge in [0.05, 0.1) is 0 Å². The minimum Gasteiger partial charge on any atom is -0.310 e. The van der Waals surface area contributed by atoms with Crippen LogP contribution in [-0.4, -0.2) is 0 Å². The first-order valence-corrected chi connectivity index (χ1v) is 19.5. The summed E-state index contributed by atoms with van der Waals surface area (Å²) in [5, 5.41) is 7.48. The van der Waals surface area contributed by atoms with Gasteiger partial charge in [-0.05, 0) is 124 Å². The number of nitrogens with zero attached hydrogens (tertiary/aromatic N) is 1. The molecule has 0 atom stereocenters. The maximum Gasteiger partial charge on any atom is 0.0497 e. The summed E-state index contributed by atoms with van der Waals surface area (Å²) < 4.78 is 0. The Kier molecular flexibility index (Phi) is 7.64. The lowest BCUT2D eigenvalue weighted by Gasteiger charge is -2.33. The van der Waals surface area contributed by atoms with E-state index < -0.39 is 0 Å². The fraction of sp³-hybridized carbons (Fsp3) is 0.0182. The van der Waals surface area contributed by atoms with Crippen LogP contribution in [0.25, 0.3) is 76.8 Å². The van der Waals surface area contributed by atoms with E-state index in [-0.39, 0.29) is 0 Å². The average molecular weight is 712 g/mol. The van der Waals surface area contributed by atoms with Gasteiger partial charge in [-0.2, -0.15) is 0 Å². The third kappa shape index (κ3) is 5.32. The summed E-state index contributed by atoms with van der Waals surface area (Å²) in [7, 11) is 0. The van der Waals surface area contributed by atoms with Crippen molar-refractivity contribution in [1.29, 1.82) is 0 Å². The molecule has 262 valence electrons. The smallest absolute Gasteiger partial charge is 0.0497 e. The van der Waals surface area contributed by atoms with Crippen molar-refractivity contribution in [2.75, 3.05) is 4.90 Å². The van der Waals surface area contributed by atoms with Crippen molar-refractivity contribution in [2.24, 2.45) is 0 Å². The molecule has 0 spiro atoms. The van der Waals surface area contributed by atoms with Gasteiger partial charge >= 0.3 is 0 Å². The highest BCUT2D eigenvalue weighted by Gasteiger charge is 2.24. The van der Waals surface area contributed by atoms with E-state index in [1.807, 2.05) is 0 Å². The zero-order valence-corrected chi connectivity index (χ0v) is 30.9. The van der Waals surface area contributed by atoms with Gasteiger partial charge in [-0.3, -0.25) is 0 Å². The molecule has 0 amide bonds. The molecule has 1 aliphatic heterocycles. The van der Waals surface area contributed by atoms with Crippen LogP contribution in [0.2, 0.25) is 0 Å². The topological polar surface area (TPSA) is 3.24 Å². The molecule has 1 nitrogen and oxygen atoms in total. The lowest BCUT2D eigenvalue weighted by molar-refractivity contribution is 1.09. The normalized spacial score (nSPS) is 12.2. The molecule has 0 aliphatic carbocycles. The Morgan fingerprint density at radius 1 is 0.304 bits per heavy atom. The number of para-hydroxylation sites is 2.